The van der Waals surface area contributed by atoms with Crippen LogP contribution in [0.15, 0.2) is 12.3 Å². The van der Waals surface area contributed by atoms with Crippen molar-refractivity contribution in [1.29, 1.82) is 0 Å². The van der Waals surface area contributed by atoms with Gasteiger partial charge in [-0.1, -0.05) is 6.42 Å². The van der Waals surface area contributed by atoms with Gasteiger partial charge in [0.15, 0.2) is 0 Å². The van der Waals surface area contributed by atoms with E-state index in [0.29, 0.717) is 17.3 Å². The van der Waals surface area contributed by atoms with Gasteiger partial charge in [-0.25, -0.2) is 4.98 Å². The second-order valence-electron chi connectivity index (χ2n) is 6.44. The molecule has 3 unspecified atom stereocenters. The number of anilines is 2. The average molecular weight is 299 g/mol. The third-order valence-corrected chi connectivity index (χ3v) is 5.01. The molecule has 2 aliphatic carbocycles. The van der Waals surface area contributed by atoms with Gasteiger partial charge in [-0.05, 0) is 43.1 Å². The fourth-order valence-corrected chi connectivity index (χ4v) is 3.99. The maximum absolute atomic E-state index is 12.8. The predicted octanol–water partition coefficient (Wildman–Crippen LogP) is 3.56. The van der Waals surface area contributed by atoms with Crippen molar-refractivity contribution >= 4 is 11.4 Å². The molecule has 0 aromatic carbocycles. The number of halogens is 3. The number of aromatic nitrogens is 1. The minimum atomic E-state index is -4.43. The van der Waals surface area contributed by atoms with Crippen molar-refractivity contribution < 1.29 is 13.2 Å². The average Bonchev–Trinajstić information content (AvgIpc) is 2.99. The minimum absolute atomic E-state index is 0.300. The minimum Gasteiger partial charge on any atom is -0.396 e. The molecule has 2 bridgehead atoms. The molecule has 2 saturated carbocycles. The van der Waals surface area contributed by atoms with Crippen LogP contribution in [0, 0.1) is 17.8 Å². The summed E-state index contributed by atoms with van der Waals surface area (Å²) in [5.41, 5.74) is 5.66. The molecular formula is C15H20F3N3. The zero-order valence-corrected chi connectivity index (χ0v) is 12.0. The number of rotatable bonds is 3. The zero-order chi connectivity index (χ0) is 15.2. The molecule has 0 spiro atoms. The van der Waals surface area contributed by atoms with Gasteiger partial charge in [-0.2, -0.15) is 13.2 Å². The van der Waals surface area contributed by atoms with E-state index in [1.165, 1.54) is 25.7 Å². The van der Waals surface area contributed by atoms with Gasteiger partial charge in [-0.3, -0.25) is 0 Å². The van der Waals surface area contributed by atoms with Gasteiger partial charge in [0.2, 0.25) is 0 Å². The topological polar surface area (TPSA) is 42.2 Å². The Bertz CT molecular complexity index is 529. The molecule has 6 heteroatoms. The largest absolute Gasteiger partial charge is 0.433 e. The summed E-state index contributed by atoms with van der Waals surface area (Å²) >= 11 is 0. The van der Waals surface area contributed by atoms with Crippen molar-refractivity contribution in [2.45, 2.75) is 31.9 Å². The van der Waals surface area contributed by atoms with E-state index in [-0.39, 0.29) is 0 Å². The van der Waals surface area contributed by atoms with E-state index in [9.17, 15) is 13.2 Å². The van der Waals surface area contributed by atoms with E-state index in [1.54, 1.807) is 0 Å². The van der Waals surface area contributed by atoms with Crippen LogP contribution in [0.4, 0.5) is 24.5 Å². The first-order valence-corrected chi connectivity index (χ1v) is 7.38. The van der Waals surface area contributed by atoms with E-state index in [2.05, 4.69) is 4.98 Å². The number of nitrogens with zero attached hydrogens (tertiary/aromatic N) is 2. The van der Waals surface area contributed by atoms with Crippen molar-refractivity contribution in [3.63, 3.8) is 0 Å². The number of nitrogen functional groups attached to an aromatic ring is 1. The van der Waals surface area contributed by atoms with E-state index in [1.807, 2.05) is 11.9 Å². The molecule has 0 amide bonds. The molecule has 2 N–H and O–H groups in total. The second-order valence-corrected chi connectivity index (χ2v) is 6.44. The molecular weight excluding hydrogens is 279 g/mol. The molecule has 3 nitrogen and oxygen atoms in total. The highest BCUT2D eigenvalue weighted by molar-refractivity contribution is 5.66. The fraction of sp³-hybridized carbons (Fsp3) is 0.667. The van der Waals surface area contributed by atoms with Crippen LogP contribution in [0.25, 0.3) is 0 Å². The summed E-state index contributed by atoms with van der Waals surface area (Å²) in [7, 11) is 1.82. The quantitative estimate of drug-likeness (QED) is 0.928. The maximum atomic E-state index is 12.8. The molecule has 116 valence electrons. The van der Waals surface area contributed by atoms with E-state index >= 15 is 0 Å². The number of hydrogen-bond acceptors (Lipinski definition) is 3. The third-order valence-electron chi connectivity index (χ3n) is 5.01. The van der Waals surface area contributed by atoms with Gasteiger partial charge < -0.3 is 10.6 Å². The Morgan fingerprint density at radius 2 is 2.10 bits per heavy atom. The van der Waals surface area contributed by atoms with Gasteiger partial charge in [0.1, 0.15) is 5.69 Å². The number of hydrogen-bond donors (Lipinski definition) is 1. The SMILES string of the molecule is CN(CC1CC2CCC1C2)c1cc(C(F)(F)F)ncc1N. The van der Waals surface area contributed by atoms with Gasteiger partial charge in [-0.15, -0.1) is 0 Å². The summed E-state index contributed by atoms with van der Waals surface area (Å²) in [5.74, 6) is 2.15. The van der Waals surface area contributed by atoms with Gasteiger partial charge in [0, 0.05) is 13.6 Å². The normalized spacial score (nSPS) is 28.1. The molecule has 2 fully saturated rings. The molecule has 1 heterocycles. The Kier molecular flexibility index (Phi) is 3.50. The molecule has 3 atom stereocenters. The van der Waals surface area contributed by atoms with Crippen molar-refractivity contribution in [2.24, 2.45) is 17.8 Å². The Morgan fingerprint density at radius 1 is 1.33 bits per heavy atom. The van der Waals surface area contributed by atoms with Crippen LogP contribution in [0.1, 0.15) is 31.4 Å². The van der Waals surface area contributed by atoms with Crippen LogP contribution >= 0.6 is 0 Å². The van der Waals surface area contributed by atoms with Crippen LogP contribution in [0.3, 0.4) is 0 Å². The second kappa shape index (κ2) is 5.07. The van der Waals surface area contributed by atoms with Crippen LogP contribution in [-0.2, 0) is 6.18 Å². The Labute approximate surface area is 122 Å². The summed E-state index contributed by atoms with van der Waals surface area (Å²) in [4.78, 5) is 5.24. The fourth-order valence-electron chi connectivity index (χ4n) is 3.99. The van der Waals surface area contributed by atoms with Crippen molar-refractivity contribution in [3.8, 4) is 0 Å². The highest BCUT2D eigenvalue weighted by Crippen LogP contribution is 2.48. The van der Waals surface area contributed by atoms with Crippen molar-refractivity contribution in [2.75, 3.05) is 24.2 Å². The predicted molar refractivity (Wildman–Crippen MR) is 75.9 cm³/mol. The number of nitrogens with two attached hydrogens (primary N) is 1. The zero-order valence-electron chi connectivity index (χ0n) is 12.0. The Hall–Kier alpha value is -1.46. The molecule has 1 aromatic rings. The molecule has 0 aliphatic heterocycles. The number of pyridine rings is 1. The van der Waals surface area contributed by atoms with E-state index in [0.717, 1.165) is 30.6 Å². The van der Waals surface area contributed by atoms with Crippen LogP contribution in [-0.4, -0.2) is 18.6 Å². The summed E-state index contributed by atoms with van der Waals surface area (Å²) in [6, 6.07) is 1.06. The first-order chi connectivity index (χ1) is 9.84. The highest BCUT2D eigenvalue weighted by atomic mass is 19.4. The van der Waals surface area contributed by atoms with Gasteiger partial charge in [0.05, 0.1) is 17.6 Å². The molecule has 2 aliphatic rings. The Morgan fingerprint density at radius 3 is 2.67 bits per heavy atom. The first kappa shape index (κ1) is 14.5. The molecule has 3 rings (SSSR count). The monoisotopic (exact) mass is 299 g/mol. The summed E-state index contributed by atoms with van der Waals surface area (Å²) in [5, 5.41) is 0. The van der Waals surface area contributed by atoms with Gasteiger partial charge >= 0.3 is 6.18 Å². The third kappa shape index (κ3) is 2.80. The lowest BCUT2D eigenvalue weighted by atomic mass is 9.88. The van der Waals surface area contributed by atoms with Crippen LogP contribution in [0.5, 0.6) is 0 Å². The van der Waals surface area contributed by atoms with Crippen LogP contribution in [0.2, 0.25) is 0 Å². The summed E-state index contributed by atoms with van der Waals surface area (Å²) in [6.45, 7) is 0.771. The molecule has 0 radical (unpaired) electrons. The van der Waals surface area contributed by atoms with E-state index in [4.69, 9.17) is 5.73 Å². The summed E-state index contributed by atoms with van der Waals surface area (Å²) in [6.07, 6.45) is 1.75. The number of alkyl halides is 3. The van der Waals surface area contributed by atoms with Crippen molar-refractivity contribution in [1.82, 2.24) is 4.98 Å². The van der Waals surface area contributed by atoms with E-state index < -0.39 is 11.9 Å². The lowest BCUT2D eigenvalue weighted by Gasteiger charge is -2.29. The lowest BCUT2D eigenvalue weighted by Crippen LogP contribution is -2.29. The van der Waals surface area contributed by atoms with Crippen LogP contribution < -0.4 is 10.6 Å². The molecule has 1 aromatic heterocycles. The maximum Gasteiger partial charge on any atom is 0.433 e. The molecule has 21 heavy (non-hydrogen) atoms. The summed E-state index contributed by atoms with van der Waals surface area (Å²) < 4.78 is 38.3. The van der Waals surface area contributed by atoms with Gasteiger partial charge in [0.25, 0.3) is 0 Å². The first-order valence-electron chi connectivity index (χ1n) is 7.38. The highest BCUT2D eigenvalue weighted by Gasteiger charge is 2.40. The number of fused-ring (bicyclic) bond motifs is 2. The smallest absolute Gasteiger partial charge is 0.396 e. The molecule has 0 saturated heterocycles. The standard InChI is InChI=1S/C15H20F3N3/c1-21(8-11-5-9-2-3-10(11)4-9)13-6-14(15(16,17)18)20-7-12(13)19/h6-7,9-11H,2-5,8,19H2,1H3. The lowest BCUT2D eigenvalue weighted by molar-refractivity contribution is -0.141. The Balaban J connectivity index is 1.76. The van der Waals surface area contributed by atoms with Crippen molar-refractivity contribution in [3.05, 3.63) is 18.0 Å².